The Morgan fingerprint density at radius 2 is 1.77 bits per heavy atom. The van der Waals surface area contributed by atoms with E-state index in [2.05, 4.69) is 22.6 Å². The van der Waals surface area contributed by atoms with Gasteiger partial charge in [-0.3, -0.25) is 4.79 Å². The topological polar surface area (TPSA) is 59.4 Å². The van der Waals surface area contributed by atoms with Gasteiger partial charge in [-0.05, 0) is 78.6 Å². The van der Waals surface area contributed by atoms with Gasteiger partial charge >= 0.3 is 0 Å². The van der Waals surface area contributed by atoms with E-state index in [1.807, 2.05) is 25.2 Å². The number of carbonyl (C=O) groups is 1. The van der Waals surface area contributed by atoms with E-state index in [-0.39, 0.29) is 16.6 Å². The summed E-state index contributed by atoms with van der Waals surface area (Å²) in [5.74, 6) is 0.596. The van der Waals surface area contributed by atoms with Crippen LogP contribution in [0.4, 0.5) is 4.39 Å². The van der Waals surface area contributed by atoms with E-state index in [4.69, 9.17) is 0 Å². The molecule has 0 spiro atoms. The number of hydrogen-bond acceptors (Lipinski definition) is 3. The molecule has 1 saturated heterocycles. The Hall–Kier alpha value is -2.67. The third-order valence-electron chi connectivity index (χ3n) is 7.93. The molecule has 0 radical (unpaired) electrons. The highest BCUT2D eigenvalue weighted by Crippen LogP contribution is 2.39. The second-order valence-corrected chi connectivity index (χ2v) is 12.4. The van der Waals surface area contributed by atoms with Gasteiger partial charge in [0.1, 0.15) is 5.82 Å². The molecule has 1 aromatic heterocycles. The lowest BCUT2D eigenvalue weighted by Gasteiger charge is -2.38. The normalized spacial score (nSPS) is 21.6. The number of hydrogen-bond donors (Lipinski definition) is 0. The third kappa shape index (κ3) is 4.75. The van der Waals surface area contributed by atoms with Crippen molar-refractivity contribution in [2.75, 3.05) is 13.1 Å². The number of sulfone groups is 1. The molecule has 2 heterocycles. The fourth-order valence-electron chi connectivity index (χ4n) is 6.04. The van der Waals surface area contributed by atoms with Crippen LogP contribution in [-0.2, 0) is 27.4 Å². The van der Waals surface area contributed by atoms with Crippen LogP contribution in [-0.4, -0.2) is 36.9 Å². The smallest absolute Gasteiger partial charge is 0.225 e. The van der Waals surface area contributed by atoms with Gasteiger partial charge in [0.15, 0.2) is 9.84 Å². The van der Waals surface area contributed by atoms with Crippen molar-refractivity contribution in [2.24, 2.45) is 18.9 Å². The molecular formula is C28H33FN2O3S. The molecule has 0 bridgehead atoms. The molecule has 1 saturated carbocycles. The SMILES string of the molecule is C[C@@H]1CN(C(=O)C2CCCC2)CC[C@@H]1c1cn(C)c2ccc(CS(=O)(=O)c3ccc(F)cc3)cc12. The molecule has 2 aromatic carbocycles. The van der Waals surface area contributed by atoms with Crippen LogP contribution in [0, 0.1) is 17.7 Å². The maximum absolute atomic E-state index is 13.3. The Kier molecular flexibility index (Phi) is 6.47. The predicted molar refractivity (Wildman–Crippen MR) is 135 cm³/mol. The van der Waals surface area contributed by atoms with Gasteiger partial charge < -0.3 is 9.47 Å². The average molecular weight is 497 g/mol. The number of piperidine rings is 1. The van der Waals surface area contributed by atoms with Crippen LogP contribution in [0.5, 0.6) is 0 Å². The molecule has 2 fully saturated rings. The molecule has 2 aliphatic rings. The van der Waals surface area contributed by atoms with Crippen molar-refractivity contribution in [2.45, 2.75) is 55.6 Å². The summed E-state index contributed by atoms with van der Waals surface area (Å²) in [6.07, 6.45) is 7.46. The van der Waals surface area contributed by atoms with Gasteiger partial charge in [-0.2, -0.15) is 0 Å². The summed E-state index contributed by atoms with van der Waals surface area (Å²) in [5.41, 5.74) is 3.01. The summed E-state index contributed by atoms with van der Waals surface area (Å²) in [4.78, 5) is 15.2. The van der Waals surface area contributed by atoms with E-state index in [0.29, 0.717) is 17.7 Å². The number of nitrogens with zero attached hydrogens (tertiary/aromatic N) is 2. The first kappa shape index (κ1) is 24.0. The van der Waals surface area contributed by atoms with E-state index in [0.717, 1.165) is 61.7 Å². The Morgan fingerprint density at radius 3 is 2.46 bits per heavy atom. The highest BCUT2D eigenvalue weighted by molar-refractivity contribution is 7.90. The van der Waals surface area contributed by atoms with E-state index >= 15 is 0 Å². The minimum absolute atomic E-state index is 0.125. The van der Waals surface area contributed by atoms with Crippen LogP contribution in [0.15, 0.2) is 53.6 Å². The van der Waals surface area contributed by atoms with Crippen molar-refractivity contribution in [1.29, 1.82) is 0 Å². The van der Waals surface area contributed by atoms with Crippen molar-refractivity contribution in [3.05, 3.63) is 65.6 Å². The number of aromatic nitrogens is 1. The van der Waals surface area contributed by atoms with Gasteiger partial charge in [0.05, 0.1) is 10.6 Å². The number of halogens is 1. The quantitative estimate of drug-likeness (QED) is 0.443. The number of rotatable bonds is 5. The van der Waals surface area contributed by atoms with E-state index in [1.165, 1.54) is 29.8 Å². The molecule has 1 aliphatic heterocycles. The molecule has 5 nitrogen and oxygen atoms in total. The van der Waals surface area contributed by atoms with Crippen molar-refractivity contribution in [1.82, 2.24) is 9.47 Å². The van der Waals surface area contributed by atoms with Crippen molar-refractivity contribution >= 4 is 26.6 Å². The van der Waals surface area contributed by atoms with Crippen LogP contribution in [0.25, 0.3) is 10.9 Å². The number of amides is 1. The molecule has 5 rings (SSSR count). The number of carbonyl (C=O) groups excluding carboxylic acids is 1. The first-order valence-corrected chi connectivity index (χ1v) is 14.2. The Morgan fingerprint density at radius 1 is 1.06 bits per heavy atom. The minimum atomic E-state index is -3.58. The number of likely N-dealkylation sites (tertiary alicyclic amines) is 1. The second-order valence-electron chi connectivity index (χ2n) is 10.4. The summed E-state index contributed by atoms with van der Waals surface area (Å²) in [7, 11) is -1.57. The van der Waals surface area contributed by atoms with E-state index < -0.39 is 15.7 Å². The van der Waals surface area contributed by atoms with E-state index in [9.17, 15) is 17.6 Å². The molecule has 35 heavy (non-hydrogen) atoms. The Bertz CT molecular complexity index is 1340. The maximum Gasteiger partial charge on any atom is 0.225 e. The van der Waals surface area contributed by atoms with Crippen molar-refractivity contribution < 1.29 is 17.6 Å². The first-order valence-electron chi connectivity index (χ1n) is 12.6. The molecule has 7 heteroatoms. The molecule has 186 valence electrons. The Balaban J connectivity index is 1.38. The lowest BCUT2D eigenvalue weighted by molar-refractivity contribution is -0.137. The maximum atomic E-state index is 13.3. The van der Waals surface area contributed by atoms with Crippen LogP contribution >= 0.6 is 0 Å². The zero-order valence-corrected chi connectivity index (χ0v) is 21.2. The van der Waals surface area contributed by atoms with E-state index in [1.54, 1.807) is 0 Å². The molecular weight excluding hydrogens is 463 g/mol. The summed E-state index contributed by atoms with van der Waals surface area (Å²) in [5, 5.41) is 1.08. The standard InChI is InChI=1S/C28H33FN2O3S/c1-19-16-31(28(32)21-5-3-4-6-21)14-13-24(19)26-17-30(2)27-12-7-20(15-25(26)27)18-35(33,34)23-10-8-22(29)9-11-23/h7-12,15,17,19,21,24H,3-6,13-14,16,18H2,1-2H3/t19-,24+/m1/s1. The monoisotopic (exact) mass is 496 g/mol. The fourth-order valence-corrected chi connectivity index (χ4v) is 7.37. The number of aryl methyl sites for hydroxylation is 1. The lowest BCUT2D eigenvalue weighted by Crippen LogP contribution is -2.44. The van der Waals surface area contributed by atoms with Crippen molar-refractivity contribution in [3.63, 3.8) is 0 Å². The van der Waals surface area contributed by atoms with Gasteiger partial charge in [-0.15, -0.1) is 0 Å². The van der Waals surface area contributed by atoms with Gasteiger partial charge in [0, 0.05) is 43.2 Å². The van der Waals surface area contributed by atoms with Crippen LogP contribution < -0.4 is 0 Å². The Labute approximate surface area is 206 Å². The van der Waals surface area contributed by atoms with Gasteiger partial charge in [-0.1, -0.05) is 25.8 Å². The molecule has 1 aliphatic carbocycles. The molecule has 3 aromatic rings. The minimum Gasteiger partial charge on any atom is -0.350 e. The summed E-state index contributed by atoms with van der Waals surface area (Å²) < 4.78 is 41.2. The zero-order chi connectivity index (χ0) is 24.7. The predicted octanol–water partition coefficient (Wildman–Crippen LogP) is 5.43. The molecule has 0 N–H and O–H groups in total. The van der Waals surface area contributed by atoms with Gasteiger partial charge in [0.25, 0.3) is 0 Å². The fraction of sp³-hybridized carbons (Fsp3) is 0.464. The summed E-state index contributed by atoms with van der Waals surface area (Å²) in [6, 6.07) is 10.8. The van der Waals surface area contributed by atoms with Crippen molar-refractivity contribution in [3.8, 4) is 0 Å². The number of fused-ring (bicyclic) bond motifs is 1. The first-order chi connectivity index (χ1) is 16.7. The highest BCUT2D eigenvalue weighted by Gasteiger charge is 2.34. The summed E-state index contributed by atoms with van der Waals surface area (Å²) in [6.45, 7) is 3.77. The van der Waals surface area contributed by atoms with Crippen LogP contribution in [0.2, 0.25) is 0 Å². The lowest BCUT2D eigenvalue weighted by atomic mass is 9.81. The molecule has 1 amide bonds. The number of benzene rings is 2. The third-order valence-corrected chi connectivity index (χ3v) is 9.64. The largest absolute Gasteiger partial charge is 0.350 e. The van der Waals surface area contributed by atoms with Gasteiger partial charge in [-0.25, -0.2) is 12.8 Å². The highest BCUT2D eigenvalue weighted by atomic mass is 32.2. The van der Waals surface area contributed by atoms with Gasteiger partial charge in [0.2, 0.25) is 5.91 Å². The average Bonchev–Trinajstić information content (AvgIpc) is 3.47. The zero-order valence-electron chi connectivity index (χ0n) is 20.4. The molecule has 2 atom stereocenters. The summed E-state index contributed by atoms with van der Waals surface area (Å²) >= 11 is 0. The van der Waals surface area contributed by atoms with Crippen LogP contribution in [0.3, 0.4) is 0 Å². The molecule has 0 unspecified atom stereocenters. The van der Waals surface area contributed by atoms with Crippen LogP contribution in [0.1, 0.15) is 56.1 Å². The second kappa shape index (κ2) is 9.41.